The summed E-state index contributed by atoms with van der Waals surface area (Å²) in [6.45, 7) is 8.57. The molecule has 114 valence electrons. The van der Waals surface area contributed by atoms with Crippen molar-refractivity contribution in [2.24, 2.45) is 11.7 Å². The van der Waals surface area contributed by atoms with Gasteiger partial charge in [-0.05, 0) is 43.9 Å². The van der Waals surface area contributed by atoms with Crippen LogP contribution < -0.4 is 10.5 Å². The molecule has 0 amide bonds. The van der Waals surface area contributed by atoms with Crippen LogP contribution in [0.2, 0.25) is 0 Å². The van der Waals surface area contributed by atoms with E-state index in [0.29, 0.717) is 6.04 Å². The van der Waals surface area contributed by atoms with Gasteiger partial charge in [0.2, 0.25) is 0 Å². The lowest BCUT2D eigenvalue weighted by molar-refractivity contribution is 0.208. The quantitative estimate of drug-likeness (QED) is 0.927. The van der Waals surface area contributed by atoms with Crippen LogP contribution in [-0.4, -0.2) is 30.6 Å². The second-order valence-corrected chi connectivity index (χ2v) is 6.55. The highest BCUT2D eigenvalue weighted by atomic mass is 35.5. The van der Waals surface area contributed by atoms with Gasteiger partial charge in [0.15, 0.2) is 0 Å². The molecule has 0 spiro atoms. The summed E-state index contributed by atoms with van der Waals surface area (Å²) in [7, 11) is 1.72. The molecule has 0 bridgehead atoms. The van der Waals surface area contributed by atoms with Crippen molar-refractivity contribution in [3.8, 4) is 5.75 Å². The van der Waals surface area contributed by atoms with Crippen molar-refractivity contribution in [3.63, 3.8) is 0 Å². The van der Waals surface area contributed by atoms with E-state index >= 15 is 0 Å². The molecule has 4 heteroatoms. The zero-order valence-corrected chi connectivity index (χ0v) is 13.7. The third-order valence-corrected chi connectivity index (χ3v) is 3.70. The minimum absolute atomic E-state index is 0. The van der Waals surface area contributed by atoms with Crippen LogP contribution in [0.4, 0.5) is 0 Å². The zero-order valence-electron chi connectivity index (χ0n) is 12.9. The number of hydrogen-bond acceptors (Lipinski definition) is 3. The number of methoxy groups -OCH3 is 1. The van der Waals surface area contributed by atoms with Gasteiger partial charge in [-0.3, -0.25) is 4.90 Å². The first kappa shape index (κ1) is 17.3. The van der Waals surface area contributed by atoms with Crippen molar-refractivity contribution in [2.75, 3.05) is 20.2 Å². The van der Waals surface area contributed by atoms with Crippen LogP contribution in [0.15, 0.2) is 24.3 Å². The molecule has 2 unspecified atom stereocenters. The lowest BCUT2D eigenvalue weighted by Gasteiger charge is -2.31. The SMILES string of the molecule is COc1cccc(C2CC(C)CN2CC(C)(C)N)c1.Cl. The van der Waals surface area contributed by atoms with E-state index in [0.717, 1.165) is 24.8 Å². The summed E-state index contributed by atoms with van der Waals surface area (Å²) in [4.78, 5) is 2.51. The molecule has 0 aromatic heterocycles. The first-order valence-electron chi connectivity index (χ1n) is 7.06. The molecule has 2 rings (SSSR count). The highest BCUT2D eigenvalue weighted by Gasteiger charge is 2.33. The lowest BCUT2D eigenvalue weighted by Crippen LogP contribution is -2.45. The van der Waals surface area contributed by atoms with Gasteiger partial charge in [0, 0.05) is 24.7 Å². The number of rotatable bonds is 4. The fourth-order valence-electron chi connectivity index (χ4n) is 3.03. The number of nitrogens with zero attached hydrogens (tertiary/aromatic N) is 1. The average molecular weight is 299 g/mol. The van der Waals surface area contributed by atoms with Crippen LogP contribution >= 0.6 is 12.4 Å². The molecule has 3 nitrogen and oxygen atoms in total. The minimum Gasteiger partial charge on any atom is -0.497 e. The topological polar surface area (TPSA) is 38.5 Å². The van der Waals surface area contributed by atoms with Crippen molar-refractivity contribution in [3.05, 3.63) is 29.8 Å². The number of nitrogens with two attached hydrogens (primary N) is 1. The van der Waals surface area contributed by atoms with Crippen LogP contribution in [0, 0.1) is 5.92 Å². The van der Waals surface area contributed by atoms with Gasteiger partial charge in [-0.2, -0.15) is 0 Å². The van der Waals surface area contributed by atoms with E-state index in [9.17, 15) is 0 Å². The molecule has 1 aliphatic rings. The predicted octanol–water partition coefficient (Wildman–Crippen LogP) is 3.24. The number of ether oxygens (including phenoxy) is 1. The highest BCUT2D eigenvalue weighted by Crippen LogP contribution is 2.36. The maximum atomic E-state index is 6.19. The predicted molar refractivity (Wildman–Crippen MR) is 86.6 cm³/mol. The first-order valence-corrected chi connectivity index (χ1v) is 7.06. The fraction of sp³-hybridized carbons (Fsp3) is 0.625. The first-order chi connectivity index (χ1) is 8.89. The maximum Gasteiger partial charge on any atom is 0.119 e. The molecule has 0 aliphatic carbocycles. The summed E-state index contributed by atoms with van der Waals surface area (Å²) in [5.41, 5.74) is 7.38. The summed E-state index contributed by atoms with van der Waals surface area (Å²) in [5.74, 6) is 1.66. The molecule has 20 heavy (non-hydrogen) atoms. The van der Waals surface area contributed by atoms with E-state index < -0.39 is 0 Å². The minimum atomic E-state index is -0.152. The van der Waals surface area contributed by atoms with Crippen LogP contribution in [-0.2, 0) is 0 Å². The Hall–Kier alpha value is -0.770. The van der Waals surface area contributed by atoms with Crippen molar-refractivity contribution < 1.29 is 4.74 Å². The molecule has 0 saturated carbocycles. The van der Waals surface area contributed by atoms with Gasteiger partial charge in [-0.1, -0.05) is 19.1 Å². The van der Waals surface area contributed by atoms with E-state index in [2.05, 4.69) is 43.9 Å². The molecule has 1 aromatic rings. The largest absolute Gasteiger partial charge is 0.497 e. The van der Waals surface area contributed by atoms with E-state index in [4.69, 9.17) is 10.5 Å². The molecular weight excluding hydrogens is 272 g/mol. The van der Waals surface area contributed by atoms with E-state index in [1.54, 1.807) is 7.11 Å². The molecule has 1 aliphatic heterocycles. The summed E-state index contributed by atoms with van der Waals surface area (Å²) in [5, 5.41) is 0. The van der Waals surface area contributed by atoms with Crippen molar-refractivity contribution in [2.45, 2.75) is 38.8 Å². The second kappa shape index (κ2) is 6.79. The smallest absolute Gasteiger partial charge is 0.119 e. The van der Waals surface area contributed by atoms with Gasteiger partial charge >= 0.3 is 0 Å². The fourth-order valence-corrected chi connectivity index (χ4v) is 3.03. The van der Waals surface area contributed by atoms with Crippen molar-refractivity contribution in [1.82, 2.24) is 4.90 Å². The Kier molecular flexibility index (Phi) is 5.87. The van der Waals surface area contributed by atoms with Crippen molar-refractivity contribution in [1.29, 1.82) is 0 Å². The third kappa shape index (κ3) is 4.37. The molecule has 2 N–H and O–H groups in total. The lowest BCUT2D eigenvalue weighted by atomic mass is 9.99. The van der Waals surface area contributed by atoms with Crippen LogP contribution in [0.1, 0.15) is 38.8 Å². The molecule has 1 saturated heterocycles. The Morgan fingerprint density at radius 3 is 2.70 bits per heavy atom. The Bertz CT molecular complexity index is 431. The summed E-state index contributed by atoms with van der Waals surface area (Å²) < 4.78 is 5.33. The third-order valence-electron chi connectivity index (χ3n) is 3.70. The Morgan fingerprint density at radius 1 is 1.40 bits per heavy atom. The van der Waals surface area contributed by atoms with Crippen molar-refractivity contribution >= 4 is 12.4 Å². The normalized spacial score (nSPS) is 23.4. The van der Waals surface area contributed by atoms with Crippen LogP contribution in [0.3, 0.4) is 0 Å². The zero-order chi connectivity index (χ0) is 14.0. The summed E-state index contributed by atoms with van der Waals surface area (Å²) >= 11 is 0. The van der Waals surface area contributed by atoms with Crippen LogP contribution in [0.5, 0.6) is 5.75 Å². The summed E-state index contributed by atoms with van der Waals surface area (Å²) in [6, 6.07) is 8.89. The van der Waals surface area contributed by atoms with Gasteiger partial charge in [0.1, 0.15) is 5.75 Å². The Balaban J connectivity index is 0.00000200. The second-order valence-electron chi connectivity index (χ2n) is 6.55. The van der Waals surface area contributed by atoms with E-state index in [1.807, 2.05) is 6.07 Å². The van der Waals surface area contributed by atoms with Gasteiger partial charge in [0.25, 0.3) is 0 Å². The van der Waals surface area contributed by atoms with E-state index in [-0.39, 0.29) is 17.9 Å². The number of likely N-dealkylation sites (tertiary alicyclic amines) is 1. The Labute approximate surface area is 128 Å². The number of halogens is 1. The molecule has 1 aromatic carbocycles. The van der Waals surface area contributed by atoms with Gasteiger partial charge in [-0.15, -0.1) is 12.4 Å². The standard InChI is InChI=1S/C16H26N2O.ClH/c1-12-8-15(18(10-12)11-16(2,3)17)13-6-5-7-14(9-13)19-4;/h5-7,9,12,15H,8,10-11,17H2,1-4H3;1H. The Morgan fingerprint density at radius 2 is 2.10 bits per heavy atom. The molecule has 2 atom stereocenters. The number of hydrogen-bond donors (Lipinski definition) is 1. The van der Waals surface area contributed by atoms with Crippen LogP contribution in [0.25, 0.3) is 0 Å². The molecule has 1 fully saturated rings. The van der Waals surface area contributed by atoms with Gasteiger partial charge < -0.3 is 10.5 Å². The highest BCUT2D eigenvalue weighted by molar-refractivity contribution is 5.85. The monoisotopic (exact) mass is 298 g/mol. The van der Waals surface area contributed by atoms with E-state index in [1.165, 1.54) is 12.0 Å². The van der Waals surface area contributed by atoms with Gasteiger partial charge in [-0.25, -0.2) is 0 Å². The maximum absolute atomic E-state index is 6.19. The summed E-state index contributed by atoms with van der Waals surface area (Å²) in [6.07, 6.45) is 1.20. The average Bonchev–Trinajstić information content (AvgIpc) is 2.68. The molecule has 0 radical (unpaired) electrons. The molecule has 1 heterocycles. The molecular formula is C16H27ClN2O. The number of benzene rings is 1. The van der Waals surface area contributed by atoms with Gasteiger partial charge in [0.05, 0.1) is 7.11 Å².